The Morgan fingerprint density at radius 1 is 0.421 bits per heavy atom. The Hall–Kier alpha value is -16.4. The first-order chi connectivity index (χ1) is 63.1. The van der Waals surface area contributed by atoms with Crippen LogP contribution in [-0.2, 0) is 64.5 Å². The number of nitro groups is 6. The number of aromatic nitrogens is 8. The summed E-state index contributed by atoms with van der Waals surface area (Å²) in [5.41, 5.74) is 10.6. The Labute approximate surface area is 783 Å². The average Bonchev–Trinajstić information content (AvgIpc) is 0.790. The smallest absolute Gasteiger partial charge is 0.349 e. The molecular formula is C86H77BrCl4N20O22. The molecule has 0 bridgehead atoms. The zero-order valence-corrected chi connectivity index (χ0v) is 75.5. The van der Waals surface area contributed by atoms with Gasteiger partial charge in [-0.2, -0.15) is 15.5 Å². The number of esters is 3. The lowest BCUT2D eigenvalue weighted by molar-refractivity contribution is -0.385. The van der Waals surface area contributed by atoms with Gasteiger partial charge >= 0.3 is 23.9 Å². The molecule has 0 aliphatic rings. The summed E-state index contributed by atoms with van der Waals surface area (Å²) in [4.78, 5) is 152. The molecule has 0 unspecified atom stereocenters. The number of carboxylic acid groups (broad SMARTS) is 1. The molecule has 688 valence electrons. The predicted octanol–water partition coefficient (Wildman–Crippen LogP) is 15.8. The third kappa shape index (κ3) is 35.3. The zero-order valence-electron chi connectivity index (χ0n) is 70.9. The number of rotatable bonds is 25. The topological polar surface area (TPSA) is 622 Å². The van der Waals surface area contributed by atoms with Crippen LogP contribution >= 0.6 is 62.3 Å². The van der Waals surface area contributed by atoms with Crippen molar-refractivity contribution in [2.24, 2.45) is 5.73 Å². The highest BCUT2D eigenvalue weighted by Crippen LogP contribution is 2.30. The maximum atomic E-state index is 12.2. The van der Waals surface area contributed by atoms with E-state index in [2.05, 4.69) is 83.5 Å². The number of nitro benzene ring substituents is 6. The molecule has 4 heterocycles. The number of nitriles is 2. The first kappa shape index (κ1) is 107. The Morgan fingerprint density at radius 3 is 0.962 bits per heavy atom. The number of nitrogens with one attached hydrogen (secondary N) is 2. The minimum absolute atomic E-state index is 0.0122. The number of carbonyl (C=O) groups excluding carboxylic acids is 3. The number of amidine groups is 1. The molecule has 0 fully saturated rings. The van der Waals surface area contributed by atoms with Crippen LogP contribution < -0.4 is 21.1 Å². The van der Waals surface area contributed by atoms with Gasteiger partial charge in [0.1, 0.15) is 72.2 Å². The number of aromatic carboxylic acids is 1. The Bertz CT molecular complexity index is 6180. The lowest BCUT2D eigenvalue weighted by Gasteiger charge is -2.22. The second-order valence-electron chi connectivity index (χ2n) is 26.9. The highest BCUT2D eigenvalue weighted by molar-refractivity contribution is 9.08. The van der Waals surface area contributed by atoms with E-state index in [1.54, 1.807) is 98.7 Å². The molecule has 0 spiro atoms. The number of halogens is 5. The molecule has 4 aromatic heterocycles. The third-order valence-corrected chi connectivity index (χ3v) is 18.7. The maximum Gasteiger partial charge on any atom is 0.349 e. The lowest BCUT2D eigenvalue weighted by Crippen LogP contribution is -2.24. The van der Waals surface area contributed by atoms with Gasteiger partial charge in [0.05, 0.1) is 81.7 Å². The van der Waals surface area contributed by atoms with E-state index in [-0.39, 0.29) is 120 Å². The second-order valence-corrected chi connectivity index (χ2v) is 28.9. The molecule has 0 aliphatic carbocycles. The SMILES string of the molecule is BrCc1ccccc1.COC(=O)c1c(Cl)nc(Cc2ccc([N+](=O)[O-])cc2)nc1Cl.COC(=O)c1c(N(C)C)nc(Cc2ccc([N+](=O)[O-])cc2)nc1N(C)C.COC(=O)c1c(O)nc(Cc2ccc([N+](=O)[O-])cc2)[nH]c1=O.N#CCc1ccc([N+](=O)[O-])cc1.N#CCc1ccccc1.N=C(N)Cc1ccc([N+](=O)[O-])cc1.O=C(O)c1c(Cl)nc(Cc2ccc([N+](=O)[O-])cc2)nc1Cl. The fraction of sp³-hybridized carbons (Fsp3) is 0.174. The summed E-state index contributed by atoms with van der Waals surface area (Å²) in [6, 6.07) is 59.6. The van der Waals surface area contributed by atoms with Crippen molar-refractivity contribution in [3.05, 3.63) is 388 Å². The van der Waals surface area contributed by atoms with Crippen molar-refractivity contribution < 1.29 is 73.1 Å². The fourth-order valence-electron chi connectivity index (χ4n) is 10.6. The number of methoxy groups -OCH3 is 3. The van der Waals surface area contributed by atoms with Crippen molar-refractivity contribution in [3.8, 4) is 18.0 Å². The van der Waals surface area contributed by atoms with Crippen LogP contribution in [0.3, 0.4) is 0 Å². The zero-order chi connectivity index (χ0) is 98.7. The molecule has 6 N–H and O–H groups in total. The number of carboxylic acids is 1. The molecule has 0 saturated carbocycles. The number of aromatic amines is 1. The number of non-ortho nitro benzene ring substituents is 6. The summed E-state index contributed by atoms with van der Waals surface area (Å²) in [5, 5.41) is 105. The Kier molecular flexibility index (Phi) is 43.6. The van der Waals surface area contributed by atoms with Crippen LogP contribution in [0.15, 0.2) is 211 Å². The van der Waals surface area contributed by atoms with Crippen molar-refractivity contribution in [1.82, 2.24) is 39.9 Å². The van der Waals surface area contributed by atoms with Gasteiger partial charge in [-0.25, -0.2) is 49.1 Å². The van der Waals surface area contributed by atoms with Gasteiger partial charge in [-0.15, -0.1) is 0 Å². The van der Waals surface area contributed by atoms with Crippen LogP contribution in [0.2, 0.25) is 20.6 Å². The lowest BCUT2D eigenvalue weighted by atomic mass is 10.1. The van der Waals surface area contributed by atoms with Gasteiger partial charge < -0.3 is 44.9 Å². The number of hydrogen-bond acceptors (Lipinski definition) is 33. The monoisotopic (exact) mass is 1960 g/mol. The molecule has 0 aliphatic heterocycles. The second kappa shape index (κ2) is 54.1. The number of benzene rings is 8. The molecular weight excluding hydrogens is 1890 g/mol. The van der Waals surface area contributed by atoms with Crippen LogP contribution in [0.4, 0.5) is 45.8 Å². The van der Waals surface area contributed by atoms with E-state index in [1.165, 1.54) is 105 Å². The number of aromatic hydroxyl groups is 1. The quantitative estimate of drug-likeness (QED) is 0.00518. The molecule has 12 rings (SSSR count). The molecule has 0 saturated heterocycles. The van der Waals surface area contributed by atoms with Gasteiger partial charge in [0, 0.05) is 138 Å². The minimum atomic E-state index is -1.31. The molecule has 133 heavy (non-hydrogen) atoms. The van der Waals surface area contributed by atoms with Gasteiger partial charge in [0.15, 0.2) is 5.56 Å². The number of H-pyrrole nitrogens is 1. The van der Waals surface area contributed by atoms with Crippen molar-refractivity contribution >= 4 is 138 Å². The molecule has 0 radical (unpaired) electrons. The van der Waals surface area contributed by atoms with E-state index in [9.17, 15) is 89.8 Å². The number of carbonyl (C=O) groups is 4. The molecule has 0 atom stereocenters. The van der Waals surface area contributed by atoms with E-state index in [0.717, 1.165) is 40.3 Å². The summed E-state index contributed by atoms with van der Waals surface area (Å²) in [6.45, 7) is 0. The highest BCUT2D eigenvalue weighted by atomic mass is 79.9. The van der Waals surface area contributed by atoms with Crippen LogP contribution in [0.1, 0.15) is 109 Å². The summed E-state index contributed by atoms with van der Waals surface area (Å²) in [7, 11) is 10.7. The largest absolute Gasteiger partial charge is 0.492 e. The molecule has 8 aromatic carbocycles. The van der Waals surface area contributed by atoms with Crippen molar-refractivity contribution in [2.45, 2.75) is 50.3 Å². The number of hydrogen-bond donors (Lipinski definition) is 5. The predicted molar refractivity (Wildman–Crippen MR) is 492 cm³/mol. The van der Waals surface area contributed by atoms with Gasteiger partial charge in [-0.1, -0.05) is 196 Å². The van der Waals surface area contributed by atoms with Crippen LogP contribution in [0.25, 0.3) is 0 Å². The number of alkyl halides is 1. The van der Waals surface area contributed by atoms with E-state index in [1.807, 2.05) is 54.6 Å². The van der Waals surface area contributed by atoms with E-state index in [4.69, 9.17) is 77.9 Å². The molecule has 0 amide bonds. The molecule has 42 nitrogen and oxygen atoms in total. The fourth-order valence-corrected chi connectivity index (χ4v) is 12.1. The maximum absolute atomic E-state index is 12.2. The van der Waals surface area contributed by atoms with Gasteiger partial charge in [0.2, 0.25) is 5.88 Å². The van der Waals surface area contributed by atoms with Gasteiger partial charge in [-0.3, -0.25) is 70.9 Å². The number of nitrogens with zero attached hydrogens (tertiary/aromatic N) is 17. The standard InChI is InChI=1S/C17H21N5O4.C13H9Cl2N3O4.C13H11N3O6.C12H7Cl2N3O4.C8H9N3O2.C8H6N2O2.C8H7N.C7H7Br/c1-20(2)15-14(17(23)26-5)16(21(3)4)19-13(18-15)10-11-6-8-12(9-7-11)22(24)25;1-22-13(19)10-11(14)16-9(17-12(10)15)6-7-2-4-8(5-3-7)18(20)21;1-22-13(19)10-11(17)14-9(15-12(10)18)6-7-2-4-8(5-3-7)16(20)21;13-10-9(12(18)19)11(14)16-8(15-10)5-6-1-3-7(4-2-6)17(20)21;9-8(10)5-6-1-3-7(4-2-6)11(12)13;9-6-5-7-1-3-8(4-2-7)10(11)12;9-7-6-8-4-2-1-3-5-8;8-6-7-4-2-1-3-5-7/h6-9H,10H2,1-5H3;2-5H,6H2,1H3;2-5H,6H2,1H3,(H2,14,15,17,18);1-4H,5H2,(H,18,19);1-4H,5H2,(H3,9,10);1-4H,5H2;1-5H,6H2;1-5H,6H2. The Balaban J connectivity index is 0.000000276. The number of anilines is 2. The number of nitrogens with two attached hydrogens (primary N) is 1. The molecule has 12 aromatic rings. The van der Waals surface area contributed by atoms with E-state index >= 15 is 0 Å². The Morgan fingerprint density at radius 2 is 0.692 bits per heavy atom. The van der Waals surface area contributed by atoms with Crippen molar-refractivity contribution in [3.63, 3.8) is 0 Å². The van der Waals surface area contributed by atoms with E-state index in [0.29, 0.717) is 47.8 Å². The van der Waals surface area contributed by atoms with Crippen molar-refractivity contribution in [2.75, 3.05) is 59.3 Å². The minimum Gasteiger partial charge on any atom is -0.492 e. The summed E-state index contributed by atoms with van der Waals surface area (Å²) < 4.78 is 13.8. The first-order valence-electron chi connectivity index (χ1n) is 37.8. The first-order valence-corrected chi connectivity index (χ1v) is 40.4. The van der Waals surface area contributed by atoms with Crippen LogP contribution in [0, 0.1) is 88.8 Å². The highest BCUT2D eigenvalue weighted by Gasteiger charge is 2.27. The van der Waals surface area contributed by atoms with Crippen molar-refractivity contribution in [1.29, 1.82) is 15.9 Å². The third-order valence-electron chi connectivity index (χ3n) is 17.0. The van der Waals surface area contributed by atoms with Crippen LogP contribution in [-0.4, -0.2) is 159 Å². The van der Waals surface area contributed by atoms with Gasteiger partial charge in [-0.05, 0) is 44.5 Å². The summed E-state index contributed by atoms with van der Waals surface area (Å²) in [6.07, 6.45) is 2.12. The normalized spacial score (nSPS) is 9.91. The van der Waals surface area contributed by atoms with Gasteiger partial charge in [0.25, 0.3) is 39.7 Å². The summed E-state index contributed by atoms with van der Waals surface area (Å²) >= 11 is 26.7. The summed E-state index contributed by atoms with van der Waals surface area (Å²) in [5.74, 6) is -2.19. The average molecular weight is 1960 g/mol. The van der Waals surface area contributed by atoms with Crippen LogP contribution in [0.5, 0.6) is 5.88 Å². The molecule has 47 heteroatoms. The number of ether oxygens (including phenoxy) is 3. The van der Waals surface area contributed by atoms with E-state index < -0.39 is 70.4 Å².